The molecule has 0 radical (unpaired) electrons. The predicted octanol–water partition coefficient (Wildman–Crippen LogP) is 7.10. The van der Waals surface area contributed by atoms with Crippen LogP contribution in [0, 0.1) is 12.7 Å². The number of hydrogen-bond acceptors (Lipinski definition) is 1. The first-order chi connectivity index (χ1) is 14.0. The van der Waals surface area contributed by atoms with Gasteiger partial charge in [0, 0.05) is 42.0 Å². The molecule has 0 bridgehead atoms. The van der Waals surface area contributed by atoms with E-state index < -0.39 is 0 Å². The van der Waals surface area contributed by atoms with Gasteiger partial charge in [-0.05, 0) is 61.3 Å². The number of nitrogens with zero attached hydrogens (tertiary/aromatic N) is 2. The van der Waals surface area contributed by atoms with Crippen molar-refractivity contribution in [2.75, 3.05) is 0 Å². The van der Waals surface area contributed by atoms with E-state index in [1.807, 2.05) is 50.4 Å². The van der Waals surface area contributed by atoms with Crippen LogP contribution in [0.25, 0.3) is 16.5 Å². The van der Waals surface area contributed by atoms with Gasteiger partial charge in [0.1, 0.15) is 5.82 Å². The molecule has 0 fully saturated rings. The molecule has 0 spiro atoms. The molecule has 1 aliphatic rings. The molecular weight excluding hydrogens is 359 g/mol. The molecule has 0 saturated carbocycles. The second kappa shape index (κ2) is 8.87. The van der Waals surface area contributed by atoms with Crippen molar-refractivity contribution in [2.24, 2.45) is 4.99 Å². The third-order valence-corrected chi connectivity index (χ3v) is 5.17. The van der Waals surface area contributed by atoms with Gasteiger partial charge in [0.15, 0.2) is 0 Å². The topological polar surface area (TPSA) is 17.3 Å². The summed E-state index contributed by atoms with van der Waals surface area (Å²) in [6.07, 6.45) is 16.5. The van der Waals surface area contributed by atoms with E-state index in [9.17, 15) is 4.39 Å². The SMILES string of the molecule is C=CC(=C(\C=C)c1cn(CC)c2c(C)cc(F)cc12)/C(C)=C/N=C1C=CC=CC1. The first-order valence-corrected chi connectivity index (χ1v) is 9.85. The maximum Gasteiger partial charge on any atom is 0.124 e. The Morgan fingerprint density at radius 1 is 1.24 bits per heavy atom. The highest BCUT2D eigenvalue weighted by Crippen LogP contribution is 2.34. The maximum absolute atomic E-state index is 14.2. The summed E-state index contributed by atoms with van der Waals surface area (Å²) < 4.78 is 16.4. The van der Waals surface area contributed by atoms with Crippen molar-refractivity contribution in [3.63, 3.8) is 0 Å². The van der Waals surface area contributed by atoms with Gasteiger partial charge in [-0.2, -0.15) is 0 Å². The molecule has 0 unspecified atom stereocenters. The lowest BCUT2D eigenvalue weighted by molar-refractivity contribution is 0.628. The van der Waals surface area contributed by atoms with E-state index in [1.165, 1.54) is 0 Å². The van der Waals surface area contributed by atoms with E-state index in [1.54, 1.807) is 12.1 Å². The van der Waals surface area contributed by atoms with Crippen LogP contribution in [-0.2, 0) is 6.54 Å². The van der Waals surface area contributed by atoms with Crippen LogP contribution in [0.1, 0.15) is 31.4 Å². The van der Waals surface area contributed by atoms with Crippen LogP contribution in [-0.4, -0.2) is 10.3 Å². The highest BCUT2D eigenvalue weighted by atomic mass is 19.1. The summed E-state index contributed by atoms with van der Waals surface area (Å²) in [7, 11) is 0. The highest BCUT2D eigenvalue weighted by molar-refractivity contribution is 5.99. The molecule has 0 saturated heterocycles. The monoisotopic (exact) mass is 386 g/mol. The molecule has 3 rings (SSSR count). The summed E-state index contributed by atoms with van der Waals surface area (Å²) in [6.45, 7) is 14.9. The molecule has 1 aromatic heterocycles. The number of aryl methyl sites for hydroxylation is 2. The summed E-state index contributed by atoms with van der Waals surface area (Å²) in [6, 6.07) is 3.18. The number of benzene rings is 1. The Hall–Kier alpha value is -3.20. The van der Waals surface area contributed by atoms with Crippen molar-refractivity contribution < 1.29 is 4.39 Å². The minimum absolute atomic E-state index is 0.232. The molecule has 0 N–H and O–H groups in total. The van der Waals surface area contributed by atoms with E-state index >= 15 is 0 Å². The first-order valence-electron chi connectivity index (χ1n) is 9.85. The van der Waals surface area contributed by atoms with Crippen LogP contribution in [0.5, 0.6) is 0 Å². The van der Waals surface area contributed by atoms with Crippen molar-refractivity contribution in [2.45, 2.75) is 33.7 Å². The van der Waals surface area contributed by atoms with Crippen LogP contribution >= 0.6 is 0 Å². The number of aromatic nitrogens is 1. The Balaban J connectivity index is 2.19. The fourth-order valence-electron chi connectivity index (χ4n) is 3.77. The van der Waals surface area contributed by atoms with Gasteiger partial charge in [-0.3, -0.25) is 4.99 Å². The van der Waals surface area contributed by atoms with E-state index in [0.29, 0.717) is 0 Å². The largest absolute Gasteiger partial charge is 0.347 e. The second-order valence-electron chi connectivity index (χ2n) is 7.11. The van der Waals surface area contributed by atoms with Crippen LogP contribution < -0.4 is 0 Å². The summed E-state index contributed by atoms with van der Waals surface area (Å²) in [4.78, 5) is 4.61. The van der Waals surface area contributed by atoms with Gasteiger partial charge in [-0.1, -0.05) is 43.5 Å². The summed E-state index contributed by atoms with van der Waals surface area (Å²) in [5, 5.41) is 0.887. The van der Waals surface area contributed by atoms with Crippen molar-refractivity contribution in [1.29, 1.82) is 0 Å². The molecule has 2 aromatic rings. The molecule has 3 heteroatoms. The van der Waals surface area contributed by atoms with Crippen LogP contribution in [0.3, 0.4) is 0 Å². The molecule has 2 nitrogen and oxygen atoms in total. The number of allylic oxidation sites excluding steroid dienone is 9. The Morgan fingerprint density at radius 3 is 2.66 bits per heavy atom. The number of rotatable bonds is 6. The molecule has 148 valence electrons. The van der Waals surface area contributed by atoms with Gasteiger partial charge in [0.05, 0.1) is 5.52 Å². The minimum atomic E-state index is -0.232. The quantitative estimate of drug-likeness (QED) is 0.471. The molecular formula is C26H27FN2. The van der Waals surface area contributed by atoms with E-state index in [-0.39, 0.29) is 5.82 Å². The lowest BCUT2D eigenvalue weighted by Gasteiger charge is -2.10. The fourth-order valence-corrected chi connectivity index (χ4v) is 3.77. The number of hydrogen-bond donors (Lipinski definition) is 0. The van der Waals surface area contributed by atoms with Gasteiger partial charge in [0.25, 0.3) is 0 Å². The highest BCUT2D eigenvalue weighted by Gasteiger charge is 2.16. The molecule has 0 atom stereocenters. The third kappa shape index (κ3) is 4.14. The number of aliphatic imine (C=N–C) groups is 1. The Kier molecular flexibility index (Phi) is 6.28. The second-order valence-corrected chi connectivity index (χ2v) is 7.11. The lowest BCUT2D eigenvalue weighted by atomic mass is 9.94. The number of halogens is 1. The zero-order valence-corrected chi connectivity index (χ0v) is 17.4. The van der Waals surface area contributed by atoms with Crippen LogP contribution in [0.4, 0.5) is 4.39 Å². The average Bonchev–Trinajstić information content (AvgIpc) is 3.09. The Bertz CT molecular complexity index is 1120. The molecule has 1 heterocycles. The standard InChI is InChI=1S/C26H27FN2/c1-6-22(19(5)16-28-21-12-10-9-11-13-21)23(7-2)25-17-29(8-3)26-18(4)14-20(27)15-24(25)26/h6-7,9-12,14-17H,1-2,8,13H2,3-5H3/b19-16+,23-22-,28-21?. The molecule has 0 amide bonds. The molecule has 0 aliphatic heterocycles. The maximum atomic E-state index is 14.2. The predicted molar refractivity (Wildman–Crippen MR) is 124 cm³/mol. The normalized spacial score (nSPS) is 16.4. The van der Waals surface area contributed by atoms with Gasteiger partial charge >= 0.3 is 0 Å². The van der Waals surface area contributed by atoms with E-state index in [4.69, 9.17) is 0 Å². The Morgan fingerprint density at radius 2 is 2.03 bits per heavy atom. The van der Waals surface area contributed by atoms with E-state index in [0.717, 1.165) is 57.4 Å². The van der Waals surface area contributed by atoms with Gasteiger partial charge < -0.3 is 4.57 Å². The third-order valence-electron chi connectivity index (χ3n) is 5.17. The first kappa shape index (κ1) is 20.5. The van der Waals surface area contributed by atoms with Gasteiger partial charge in [-0.15, -0.1) is 0 Å². The number of fused-ring (bicyclic) bond motifs is 1. The van der Waals surface area contributed by atoms with Crippen LogP contribution in [0.15, 0.2) is 90.3 Å². The minimum Gasteiger partial charge on any atom is -0.347 e. The summed E-state index contributed by atoms with van der Waals surface area (Å²) in [5.74, 6) is -0.232. The van der Waals surface area contributed by atoms with Gasteiger partial charge in [-0.25, -0.2) is 4.39 Å². The van der Waals surface area contributed by atoms with Crippen molar-refractivity contribution in [3.8, 4) is 0 Å². The zero-order chi connectivity index (χ0) is 21.0. The van der Waals surface area contributed by atoms with Crippen LogP contribution in [0.2, 0.25) is 0 Å². The fraction of sp³-hybridized carbons (Fsp3) is 0.192. The zero-order valence-electron chi connectivity index (χ0n) is 17.4. The molecule has 1 aliphatic carbocycles. The molecule has 1 aromatic carbocycles. The lowest BCUT2D eigenvalue weighted by Crippen LogP contribution is -1.94. The molecule has 29 heavy (non-hydrogen) atoms. The van der Waals surface area contributed by atoms with Crippen molar-refractivity contribution in [1.82, 2.24) is 4.57 Å². The summed E-state index contributed by atoms with van der Waals surface area (Å²) >= 11 is 0. The van der Waals surface area contributed by atoms with E-state index in [2.05, 4.69) is 41.9 Å². The summed E-state index contributed by atoms with van der Waals surface area (Å²) in [5.41, 5.74) is 6.79. The average molecular weight is 387 g/mol. The van der Waals surface area contributed by atoms with Crippen molar-refractivity contribution in [3.05, 3.63) is 102 Å². The van der Waals surface area contributed by atoms with Crippen molar-refractivity contribution >= 4 is 22.2 Å². The van der Waals surface area contributed by atoms with Gasteiger partial charge in [0.2, 0.25) is 0 Å². The smallest absolute Gasteiger partial charge is 0.124 e. The Labute approximate surface area is 172 Å².